The van der Waals surface area contributed by atoms with Gasteiger partial charge in [-0.05, 0) is 49.6 Å². The first-order valence-electron chi connectivity index (χ1n) is 6.85. The van der Waals surface area contributed by atoms with Crippen molar-refractivity contribution in [3.63, 3.8) is 0 Å². The Kier molecular flexibility index (Phi) is 8.10. The van der Waals surface area contributed by atoms with Crippen LogP contribution in [-0.4, -0.2) is 41.1 Å². The first-order valence-corrected chi connectivity index (χ1v) is 9.73. The summed E-state index contributed by atoms with van der Waals surface area (Å²) in [5, 5.41) is 3.01. The van der Waals surface area contributed by atoms with Gasteiger partial charge in [-0.1, -0.05) is 6.07 Å². The van der Waals surface area contributed by atoms with Crippen LogP contribution in [0.4, 0.5) is 0 Å². The fraction of sp³-hybridized carbons (Fsp3) is 0.571. The SMILES string of the molecule is CNCc1ccc(OC)c(S(=O)(=O)NCCCCSC)c1. The van der Waals surface area contributed by atoms with Crippen molar-refractivity contribution in [2.75, 3.05) is 32.7 Å². The Hall–Kier alpha value is -0.760. The number of sulfonamides is 1. The molecule has 0 radical (unpaired) electrons. The zero-order valence-electron chi connectivity index (χ0n) is 12.8. The summed E-state index contributed by atoms with van der Waals surface area (Å²) in [7, 11) is -0.242. The van der Waals surface area contributed by atoms with Crippen molar-refractivity contribution in [3.8, 4) is 5.75 Å². The minimum Gasteiger partial charge on any atom is -0.495 e. The van der Waals surface area contributed by atoms with E-state index >= 15 is 0 Å². The minimum atomic E-state index is -3.54. The molecule has 0 aromatic heterocycles. The van der Waals surface area contributed by atoms with Gasteiger partial charge >= 0.3 is 0 Å². The van der Waals surface area contributed by atoms with E-state index < -0.39 is 10.0 Å². The Balaban J connectivity index is 2.82. The number of ether oxygens (including phenoxy) is 1. The van der Waals surface area contributed by atoms with E-state index in [1.54, 1.807) is 23.9 Å². The minimum absolute atomic E-state index is 0.197. The molecule has 120 valence electrons. The molecule has 0 saturated heterocycles. The molecule has 1 aromatic carbocycles. The van der Waals surface area contributed by atoms with Crippen molar-refractivity contribution in [3.05, 3.63) is 23.8 Å². The summed E-state index contributed by atoms with van der Waals surface area (Å²) < 4.78 is 32.6. The molecular formula is C14H24N2O3S2. The summed E-state index contributed by atoms with van der Waals surface area (Å²) >= 11 is 1.77. The van der Waals surface area contributed by atoms with E-state index in [1.165, 1.54) is 7.11 Å². The lowest BCUT2D eigenvalue weighted by molar-refractivity contribution is 0.402. The topological polar surface area (TPSA) is 67.4 Å². The summed E-state index contributed by atoms with van der Waals surface area (Å²) in [5.41, 5.74) is 0.904. The van der Waals surface area contributed by atoms with Crippen LogP contribution in [0.5, 0.6) is 5.75 Å². The fourth-order valence-electron chi connectivity index (χ4n) is 1.90. The normalized spacial score (nSPS) is 11.6. The van der Waals surface area contributed by atoms with Crippen LogP contribution in [0.15, 0.2) is 23.1 Å². The molecule has 1 aromatic rings. The lowest BCUT2D eigenvalue weighted by atomic mass is 10.2. The second-order valence-electron chi connectivity index (χ2n) is 4.61. The van der Waals surface area contributed by atoms with E-state index in [2.05, 4.69) is 10.0 Å². The average Bonchev–Trinajstić information content (AvgIpc) is 2.47. The van der Waals surface area contributed by atoms with Gasteiger partial charge in [0.25, 0.3) is 0 Å². The van der Waals surface area contributed by atoms with Crippen molar-refractivity contribution < 1.29 is 13.2 Å². The Bertz CT molecular complexity index is 533. The number of methoxy groups -OCH3 is 1. The maximum Gasteiger partial charge on any atom is 0.244 e. The van der Waals surface area contributed by atoms with Gasteiger partial charge in [0.1, 0.15) is 10.6 Å². The molecule has 0 aliphatic heterocycles. The van der Waals surface area contributed by atoms with Gasteiger partial charge < -0.3 is 10.1 Å². The number of benzene rings is 1. The average molecular weight is 332 g/mol. The van der Waals surface area contributed by atoms with E-state index in [9.17, 15) is 8.42 Å². The zero-order valence-corrected chi connectivity index (χ0v) is 14.4. The number of nitrogens with one attached hydrogen (secondary N) is 2. The molecule has 0 amide bonds. The fourth-order valence-corrected chi connectivity index (χ4v) is 3.69. The second kappa shape index (κ2) is 9.30. The number of unbranched alkanes of at least 4 members (excludes halogenated alkanes) is 1. The van der Waals surface area contributed by atoms with E-state index in [1.807, 2.05) is 19.4 Å². The third-order valence-electron chi connectivity index (χ3n) is 2.97. The quantitative estimate of drug-likeness (QED) is 0.640. The molecule has 1 rings (SSSR count). The van der Waals surface area contributed by atoms with Crippen LogP contribution >= 0.6 is 11.8 Å². The number of thioether (sulfide) groups is 1. The molecule has 0 fully saturated rings. The Morgan fingerprint density at radius 2 is 2.05 bits per heavy atom. The monoisotopic (exact) mass is 332 g/mol. The smallest absolute Gasteiger partial charge is 0.244 e. The number of hydrogen-bond donors (Lipinski definition) is 2. The van der Waals surface area contributed by atoms with Crippen LogP contribution in [0.1, 0.15) is 18.4 Å². The van der Waals surface area contributed by atoms with E-state index in [0.717, 1.165) is 24.2 Å². The van der Waals surface area contributed by atoms with Crippen molar-refractivity contribution in [2.45, 2.75) is 24.3 Å². The summed E-state index contributed by atoms with van der Waals surface area (Å²) in [6, 6.07) is 5.20. The van der Waals surface area contributed by atoms with Crippen LogP contribution in [0.25, 0.3) is 0 Å². The van der Waals surface area contributed by atoms with Gasteiger partial charge in [-0.15, -0.1) is 0 Å². The zero-order chi connectivity index (χ0) is 15.7. The third-order valence-corrected chi connectivity index (χ3v) is 5.14. The first kappa shape index (κ1) is 18.3. The Labute approximate surface area is 131 Å². The van der Waals surface area contributed by atoms with Crippen LogP contribution in [0.3, 0.4) is 0 Å². The summed E-state index contributed by atoms with van der Waals surface area (Å²) in [6.45, 7) is 1.06. The predicted molar refractivity (Wildman–Crippen MR) is 88.6 cm³/mol. The maximum atomic E-state index is 12.4. The number of rotatable bonds is 10. The van der Waals surface area contributed by atoms with Gasteiger partial charge in [0.05, 0.1) is 7.11 Å². The van der Waals surface area contributed by atoms with Gasteiger partial charge in [0, 0.05) is 13.1 Å². The summed E-state index contributed by atoms with van der Waals surface area (Å²) in [6.07, 6.45) is 3.88. The van der Waals surface area contributed by atoms with Gasteiger partial charge in [0.2, 0.25) is 10.0 Å². The molecule has 0 atom stereocenters. The standard InChI is InChI=1S/C14H24N2O3S2/c1-15-11-12-6-7-13(19-2)14(10-12)21(17,18)16-8-4-5-9-20-3/h6-7,10,15-16H,4-5,8-9,11H2,1-3H3. The number of hydrogen-bond acceptors (Lipinski definition) is 5. The summed E-state index contributed by atoms with van der Waals surface area (Å²) in [5.74, 6) is 1.41. The van der Waals surface area contributed by atoms with Crippen LogP contribution in [0, 0.1) is 0 Å². The molecule has 0 spiro atoms. The van der Waals surface area contributed by atoms with Crippen LogP contribution < -0.4 is 14.8 Å². The summed E-state index contributed by atoms with van der Waals surface area (Å²) in [4.78, 5) is 0.197. The van der Waals surface area contributed by atoms with Crippen LogP contribution in [0.2, 0.25) is 0 Å². The van der Waals surface area contributed by atoms with Crippen molar-refractivity contribution in [1.29, 1.82) is 0 Å². The van der Waals surface area contributed by atoms with Crippen molar-refractivity contribution >= 4 is 21.8 Å². The highest BCUT2D eigenvalue weighted by Gasteiger charge is 2.19. The van der Waals surface area contributed by atoms with Crippen molar-refractivity contribution in [1.82, 2.24) is 10.0 Å². The van der Waals surface area contributed by atoms with Crippen LogP contribution in [-0.2, 0) is 16.6 Å². The lowest BCUT2D eigenvalue weighted by Crippen LogP contribution is -2.25. The van der Waals surface area contributed by atoms with Gasteiger partial charge in [-0.3, -0.25) is 0 Å². The van der Waals surface area contributed by atoms with Gasteiger partial charge in [-0.25, -0.2) is 13.1 Å². The maximum absolute atomic E-state index is 12.4. The molecule has 2 N–H and O–H groups in total. The van der Waals surface area contributed by atoms with E-state index in [4.69, 9.17) is 4.74 Å². The molecule has 5 nitrogen and oxygen atoms in total. The first-order chi connectivity index (χ1) is 10.0. The molecule has 0 aliphatic rings. The molecule has 0 aliphatic carbocycles. The predicted octanol–water partition coefficient (Wildman–Crippen LogP) is 1.84. The molecule has 0 heterocycles. The molecule has 0 unspecified atom stereocenters. The lowest BCUT2D eigenvalue weighted by Gasteiger charge is -2.12. The Morgan fingerprint density at radius 1 is 1.29 bits per heavy atom. The highest BCUT2D eigenvalue weighted by molar-refractivity contribution is 7.98. The highest BCUT2D eigenvalue weighted by atomic mass is 32.2. The van der Waals surface area contributed by atoms with Gasteiger partial charge in [-0.2, -0.15) is 11.8 Å². The molecule has 21 heavy (non-hydrogen) atoms. The molecular weight excluding hydrogens is 308 g/mol. The van der Waals surface area contributed by atoms with E-state index in [-0.39, 0.29) is 4.90 Å². The molecule has 7 heteroatoms. The third kappa shape index (κ3) is 5.86. The second-order valence-corrected chi connectivity index (χ2v) is 7.33. The highest BCUT2D eigenvalue weighted by Crippen LogP contribution is 2.24. The molecule has 0 bridgehead atoms. The van der Waals surface area contributed by atoms with Gasteiger partial charge in [0.15, 0.2) is 0 Å². The van der Waals surface area contributed by atoms with E-state index in [0.29, 0.717) is 18.8 Å². The molecule has 0 saturated carbocycles. The Morgan fingerprint density at radius 3 is 2.67 bits per heavy atom. The van der Waals surface area contributed by atoms with Crippen molar-refractivity contribution in [2.24, 2.45) is 0 Å². The largest absolute Gasteiger partial charge is 0.495 e.